The highest BCUT2D eigenvalue weighted by atomic mass is 16.8. The van der Waals surface area contributed by atoms with E-state index in [1.54, 1.807) is 0 Å². The summed E-state index contributed by atoms with van der Waals surface area (Å²) in [5.41, 5.74) is 17.7. The van der Waals surface area contributed by atoms with Crippen LogP contribution in [0.2, 0.25) is 0 Å². The molecule has 0 aliphatic carbocycles. The predicted molar refractivity (Wildman–Crippen MR) is 402 cm³/mol. The molecule has 0 spiro atoms. The van der Waals surface area contributed by atoms with Crippen LogP contribution in [-0.4, -0.2) is 599 Å². The number of carbonyl (C=O) groups is 4. The quantitative estimate of drug-likeness (QED) is 0.0275. The number of carboxylic acid groups (broad SMARTS) is 4. The Bertz CT molecular complexity index is 3830. The standard InChI is InChI=1S/C72H117N3O60/c73-13-7-115-62(41(99)28(13)86)116-10-20(85)52-53(22(133-72(70(113)114)2-15(80)29(87)50(134-72)16(81)4-76)3-71(135-52,69(111)112)120-12-25-33(91)35(93)27(75)61(124-25)119-11-24-32(90)34(92)26(74)60(110)121-24)128-68-47(105)55(57(51(127-68)17(82)5-77)132-66-44(102)36(94)31(89)23(6-78)123-66)130-67-46(104)54(129-65-30(88)14(79)1-21(122-65)58(106)107)45(103)49(126-67)19(84)9-117-63-42(100)37(95)39(97)48(125-63)18(83)8-118-64-43(101)38(96)40(98)56(131-64)59(108)109/h1,13-20,22-57,60-68,76-105,110H,2-12,73-75H2,(H,106,107)(H,108,109)(H,111,112)(H,113,114)/t13-,14-,15+,16+,17-,18-,19-,20+,22+,23+,24+,25+,26+,27+,28-,29+,30+,31+,32+,33+,34+,35+,36-,37-,38-,39-,40+,41+,42-,43+,44+,45+,46-,47-,48+,49+,50+,51+,52+,53+,54-,55+,56-,57+,60-,61+,62+,63-,64+,65-,66-,67+,68+,71+,72+/m0/s1. The minimum Gasteiger partial charge on any atom is -0.479 e. The molecule has 0 amide bonds. The van der Waals surface area contributed by atoms with Crippen molar-refractivity contribution in [3.05, 3.63) is 11.8 Å². The summed E-state index contributed by atoms with van der Waals surface area (Å²) in [6.45, 7) is -11.5. The van der Waals surface area contributed by atoms with E-state index in [1.165, 1.54) is 0 Å². The van der Waals surface area contributed by atoms with Gasteiger partial charge in [-0.3, -0.25) is 0 Å². The van der Waals surface area contributed by atoms with Crippen LogP contribution in [0.15, 0.2) is 11.8 Å². The van der Waals surface area contributed by atoms with E-state index in [-0.39, 0.29) is 0 Å². The second-order valence-corrected chi connectivity index (χ2v) is 33.8. The van der Waals surface area contributed by atoms with Crippen molar-refractivity contribution in [3.63, 3.8) is 0 Å². The van der Waals surface area contributed by atoms with Gasteiger partial charge in [-0.05, 0) is 6.08 Å². The average molecular weight is 1980 g/mol. The van der Waals surface area contributed by atoms with Gasteiger partial charge in [0.1, 0.15) is 232 Å². The topological polar surface area (TPSA) is 1050 Å². The molecule has 0 saturated carbocycles. The Morgan fingerprint density at radius 2 is 0.852 bits per heavy atom. The van der Waals surface area contributed by atoms with Gasteiger partial charge in [0, 0.05) is 12.8 Å². The minimum atomic E-state index is -3.75. The first-order valence-corrected chi connectivity index (χ1v) is 41.8. The van der Waals surface area contributed by atoms with E-state index < -0.39 is 439 Å². The number of hydrogen-bond donors (Lipinski definition) is 38. The third-order valence-corrected chi connectivity index (χ3v) is 24.5. The first kappa shape index (κ1) is 111. The van der Waals surface area contributed by atoms with Gasteiger partial charge in [0.15, 0.2) is 56.4 Å². The Morgan fingerprint density at radius 1 is 0.385 bits per heavy atom. The number of rotatable bonds is 37. The molecule has 0 aromatic heterocycles. The molecule has 11 heterocycles. The second-order valence-electron chi connectivity index (χ2n) is 33.8. The molecule has 41 N–H and O–H groups in total. The lowest BCUT2D eigenvalue weighted by atomic mass is 9.89. The fourth-order valence-corrected chi connectivity index (χ4v) is 16.6. The molecule has 0 bridgehead atoms. The van der Waals surface area contributed by atoms with Gasteiger partial charge in [-0.25, -0.2) is 19.2 Å². The van der Waals surface area contributed by atoms with E-state index in [1.807, 2.05) is 0 Å². The Labute approximate surface area is 757 Å². The maximum atomic E-state index is 14.5. The molecule has 10 fully saturated rings. The summed E-state index contributed by atoms with van der Waals surface area (Å²) in [4.78, 5) is 52.7. The zero-order valence-electron chi connectivity index (χ0n) is 70.0. The zero-order valence-corrected chi connectivity index (χ0v) is 70.0. The summed E-state index contributed by atoms with van der Waals surface area (Å²) in [6, 6.07) is -4.75. The van der Waals surface area contributed by atoms with Crippen LogP contribution < -0.4 is 17.2 Å². The van der Waals surface area contributed by atoms with Crippen molar-refractivity contribution in [1.29, 1.82) is 0 Å². The summed E-state index contributed by atoms with van der Waals surface area (Å²) in [5, 5.41) is 391. The highest BCUT2D eigenvalue weighted by Gasteiger charge is 2.66. The lowest BCUT2D eigenvalue weighted by molar-refractivity contribution is -0.418. The van der Waals surface area contributed by atoms with Crippen molar-refractivity contribution in [2.24, 2.45) is 17.2 Å². The predicted octanol–water partition coefficient (Wildman–Crippen LogP) is -25.3. The number of aliphatic hydroxyl groups excluding tert-OH is 31. The molecule has 55 atom stereocenters. The van der Waals surface area contributed by atoms with Gasteiger partial charge in [-0.15, -0.1) is 0 Å². The number of hydrogen-bond acceptors (Lipinski definition) is 59. The highest BCUT2D eigenvalue weighted by Crippen LogP contribution is 2.46. The lowest BCUT2D eigenvalue weighted by Crippen LogP contribution is -2.71. The van der Waals surface area contributed by atoms with E-state index >= 15 is 0 Å². The fraction of sp³-hybridized carbons (Fsp3) is 0.917. The van der Waals surface area contributed by atoms with Gasteiger partial charge in [0.25, 0.3) is 11.6 Å². The van der Waals surface area contributed by atoms with E-state index in [2.05, 4.69) is 0 Å². The molecule has 0 radical (unpaired) electrons. The van der Waals surface area contributed by atoms with E-state index in [0.717, 1.165) is 0 Å². The van der Waals surface area contributed by atoms with Crippen LogP contribution in [0, 0.1) is 0 Å². The third kappa shape index (κ3) is 23.7. The molecular weight excluding hydrogens is 1870 g/mol. The molecule has 63 nitrogen and oxygen atoms in total. The van der Waals surface area contributed by atoms with E-state index in [9.17, 15) is 198 Å². The van der Waals surface area contributed by atoms with Crippen molar-refractivity contribution < 1.29 is 297 Å². The Morgan fingerprint density at radius 3 is 1.44 bits per heavy atom. The molecule has 11 aliphatic heterocycles. The SMILES string of the molecule is N[C@@H]1[C@@H](O)[C@H](O)[C@@H](CO[C@@H]2O[C@H](CO[C@]3(C(=O)O)C[C@@H](O[C@]4(C(=O)O)C[C@@H](O)[C@@H](O)[C@@H]([C@H](O)CO)O4)[C@@H](O[C@H]4O[C@H]([C@@H](O)CO)[C@@H](O[C@@H]5O[C@H](CO)[C@@H](O)[C@H](O)[C@H]5O)[C@H](O[C@H]5O[C@H]([C@@H](O)CO[C@H]6O[C@H]([C@@H](O)CO[C@@H]7O[C@H](C(=O)O)[C@H](O)[C@H](O)[C@H]7O)[C@@H](O)[C@H](O)[C@@H]6O)[C@@H](O)[C@H](O[C@@H]6OC(C(=O)O)=C[C@H](O)[C@H]6O)[C@@H]5O)[C@@H]4O)[C@@H]([C@H](O)CO[C@H]4OC[C@H](N)[C@H](O)[C@H]4O)O3)[C@@H](O)[C@H](O)[C@H]2N)O[C@@H]1O. The monoisotopic (exact) mass is 1980 g/mol. The lowest BCUT2D eigenvalue weighted by Gasteiger charge is -2.53. The molecule has 10 saturated heterocycles. The number of aliphatic hydroxyl groups is 31. The maximum absolute atomic E-state index is 14.5. The molecule has 11 rings (SSSR count). The molecule has 11 aliphatic rings. The van der Waals surface area contributed by atoms with Crippen molar-refractivity contribution in [2.45, 2.75) is 349 Å². The van der Waals surface area contributed by atoms with Gasteiger partial charge >= 0.3 is 23.9 Å². The summed E-state index contributed by atoms with van der Waals surface area (Å²) < 4.78 is 121. The van der Waals surface area contributed by atoms with Crippen LogP contribution in [0.3, 0.4) is 0 Å². The Balaban J connectivity index is 0.997. The summed E-state index contributed by atoms with van der Waals surface area (Å²) >= 11 is 0. The Kier molecular flexibility index (Phi) is 38.0. The van der Waals surface area contributed by atoms with E-state index in [4.69, 9.17) is 117 Å². The number of nitrogens with two attached hydrogens (primary N) is 3. The molecule has 0 unspecified atom stereocenters. The van der Waals surface area contributed by atoms with Gasteiger partial charge in [-0.1, -0.05) is 0 Å². The summed E-state index contributed by atoms with van der Waals surface area (Å²) in [7, 11) is 0. The Hall–Kier alpha value is -4.74. The molecule has 63 heteroatoms. The van der Waals surface area contributed by atoms with Crippen molar-refractivity contribution in [3.8, 4) is 0 Å². The fourth-order valence-electron chi connectivity index (χ4n) is 16.6. The number of carboxylic acids is 4. The van der Waals surface area contributed by atoms with Crippen LogP contribution in [-0.2, 0) is 119 Å². The van der Waals surface area contributed by atoms with E-state index in [0.29, 0.717) is 6.08 Å². The first-order valence-electron chi connectivity index (χ1n) is 41.8. The summed E-state index contributed by atoms with van der Waals surface area (Å²) in [6.07, 6.45) is -125. The molecular formula is C72H117N3O60. The van der Waals surface area contributed by atoms with Crippen LogP contribution in [0.25, 0.3) is 0 Å². The number of ether oxygens (including phenoxy) is 21. The van der Waals surface area contributed by atoms with Crippen LogP contribution in [0.4, 0.5) is 0 Å². The summed E-state index contributed by atoms with van der Waals surface area (Å²) in [5.74, 6) is -17.4. The number of aliphatic carboxylic acids is 4. The van der Waals surface area contributed by atoms with Crippen molar-refractivity contribution >= 4 is 23.9 Å². The van der Waals surface area contributed by atoms with Gasteiger partial charge in [0.05, 0.1) is 89.8 Å². The van der Waals surface area contributed by atoms with Crippen LogP contribution >= 0.6 is 0 Å². The second kappa shape index (κ2) is 46.3. The molecule has 0 aromatic carbocycles. The average Bonchev–Trinajstić information content (AvgIpc) is 0.728. The van der Waals surface area contributed by atoms with Crippen LogP contribution in [0.1, 0.15) is 12.8 Å². The van der Waals surface area contributed by atoms with Crippen molar-refractivity contribution in [2.75, 3.05) is 59.5 Å². The van der Waals surface area contributed by atoms with Crippen molar-refractivity contribution in [1.82, 2.24) is 0 Å². The molecule has 135 heavy (non-hydrogen) atoms. The first-order chi connectivity index (χ1) is 63.4. The third-order valence-electron chi connectivity index (χ3n) is 24.5. The van der Waals surface area contributed by atoms with Gasteiger partial charge < -0.3 is 295 Å². The van der Waals surface area contributed by atoms with Gasteiger partial charge in [0.2, 0.25) is 12.0 Å². The maximum Gasteiger partial charge on any atom is 0.371 e. The largest absolute Gasteiger partial charge is 0.479 e. The normalized spacial score (nSPS) is 49.1. The smallest absolute Gasteiger partial charge is 0.371 e. The molecule has 780 valence electrons. The minimum absolute atomic E-state index is 0.430. The molecule has 0 aromatic rings. The zero-order chi connectivity index (χ0) is 99.8. The highest BCUT2D eigenvalue weighted by molar-refractivity contribution is 5.84. The van der Waals surface area contributed by atoms with Gasteiger partial charge in [-0.2, -0.15) is 0 Å². The van der Waals surface area contributed by atoms with Crippen LogP contribution in [0.5, 0.6) is 0 Å².